The van der Waals surface area contributed by atoms with Crippen LogP contribution in [-0.2, 0) is 20.0 Å². The molecule has 2 heterocycles. The Hall–Kier alpha value is -2.45. The van der Waals surface area contributed by atoms with Crippen molar-refractivity contribution in [2.24, 2.45) is 0 Å². The van der Waals surface area contributed by atoms with E-state index >= 15 is 0 Å². The van der Waals surface area contributed by atoms with E-state index in [0.717, 1.165) is 16.9 Å². The predicted molar refractivity (Wildman–Crippen MR) is 159 cm³/mol. The molecule has 1 fully saturated rings. The molecule has 0 saturated carbocycles. The fourth-order valence-corrected chi connectivity index (χ4v) is 6.43. The lowest BCUT2D eigenvalue weighted by molar-refractivity contribution is -0.136. The standard InChI is InChI=1S/C27H31ClN5O3S.2ClH/c1-27(2,20-9-7-19(14-29)8-10-20)26(24-15-30-18-32-24)33(23-6-4-5-21(28)13-23)17-22(31-16-25(33)34)11-12-37(3,35)36;;/h4-10,13,15,18,22,26,31H,11-12,16-17H2,1-3H3,(H,30,32);2*1H/q+1;;/t22-,26?,33?;;/m0../s1. The second kappa shape index (κ2) is 12.8. The fourth-order valence-electron chi connectivity index (χ4n) is 5.53. The third-order valence-electron chi connectivity index (χ3n) is 7.30. The number of nitrogens with one attached hydrogen (secondary N) is 2. The molecule has 0 spiro atoms. The van der Waals surface area contributed by atoms with E-state index in [4.69, 9.17) is 11.6 Å². The van der Waals surface area contributed by atoms with Crippen LogP contribution in [0.1, 0.15) is 43.1 Å². The number of sulfone groups is 1. The van der Waals surface area contributed by atoms with Crippen molar-refractivity contribution in [1.82, 2.24) is 19.8 Å². The first-order valence-corrected chi connectivity index (χ1v) is 14.5. The Kier molecular flexibility index (Phi) is 10.8. The van der Waals surface area contributed by atoms with Gasteiger partial charge in [-0.15, -0.1) is 24.8 Å². The molecule has 12 heteroatoms. The van der Waals surface area contributed by atoms with Gasteiger partial charge in [-0.05, 0) is 50.1 Å². The molecule has 1 aliphatic heterocycles. The molecule has 210 valence electrons. The molecular weight excluding hydrogens is 581 g/mol. The quantitative estimate of drug-likeness (QED) is 0.355. The number of piperazine rings is 1. The Morgan fingerprint density at radius 2 is 1.90 bits per heavy atom. The van der Waals surface area contributed by atoms with E-state index in [1.54, 1.807) is 30.7 Å². The van der Waals surface area contributed by atoms with Gasteiger partial charge >= 0.3 is 5.91 Å². The molecule has 0 radical (unpaired) electrons. The molecule has 8 nitrogen and oxygen atoms in total. The smallest absolute Gasteiger partial charge is 0.333 e. The molecule has 1 aliphatic rings. The molecule has 39 heavy (non-hydrogen) atoms. The van der Waals surface area contributed by atoms with Gasteiger partial charge in [-0.25, -0.2) is 22.7 Å². The van der Waals surface area contributed by atoms with Crippen molar-refractivity contribution in [3.63, 3.8) is 0 Å². The topological polar surface area (TPSA) is 116 Å². The monoisotopic (exact) mass is 612 g/mol. The molecule has 1 amide bonds. The minimum atomic E-state index is -3.18. The predicted octanol–water partition coefficient (Wildman–Crippen LogP) is 4.74. The summed E-state index contributed by atoms with van der Waals surface area (Å²) in [4.78, 5) is 21.7. The molecular formula is C27H33Cl3N5O3S+. The van der Waals surface area contributed by atoms with Crippen LogP contribution >= 0.6 is 36.4 Å². The number of aromatic nitrogens is 2. The van der Waals surface area contributed by atoms with Gasteiger partial charge in [0, 0.05) is 22.8 Å². The Morgan fingerprint density at radius 1 is 1.21 bits per heavy atom. The van der Waals surface area contributed by atoms with E-state index in [0.29, 0.717) is 23.6 Å². The molecule has 0 aliphatic carbocycles. The number of hydrogen-bond acceptors (Lipinski definition) is 6. The van der Waals surface area contributed by atoms with Crippen LogP contribution in [0.25, 0.3) is 0 Å². The molecule has 1 saturated heterocycles. The van der Waals surface area contributed by atoms with Crippen molar-refractivity contribution < 1.29 is 13.2 Å². The summed E-state index contributed by atoms with van der Waals surface area (Å²) in [5, 5.41) is 13.1. The van der Waals surface area contributed by atoms with Gasteiger partial charge in [0.15, 0.2) is 6.04 Å². The number of nitriles is 1. The first-order chi connectivity index (χ1) is 17.5. The van der Waals surface area contributed by atoms with E-state index in [9.17, 15) is 18.5 Å². The number of carbonyl (C=O) groups is 1. The van der Waals surface area contributed by atoms with Gasteiger partial charge in [0.1, 0.15) is 28.6 Å². The second-order valence-electron chi connectivity index (χ2n) is 10.2. The summed E-state index contributed by atoms with van der Waals surface area (Å²) in [6.07, 6.45) is 4.93. The largest absolute Gasteiger partial charge is 0.344 e. The molecule has 4 rings (SSSR count). The van der Waals surface area contributed by atoms with Crippen molar-refractivity contribution in [1.29, 1.82) is 5.26 Å². The van der Waals surface area contributed by atoms with Crippen LogP contribution in [0, 0.1) is 11.3 Å². The van der Waals surface area contributed by atoms with E-state index < -0.39 is 21.3 Å². The normalized spacial score (nSPS) is 20.3. The zero-order chi connectivity index (χ0) is 26.8. The third kappa shape index (κ3) is 6.83. The lowest BCUT2D eigenvalue weighted by Crippen LogP contribution is -2.71. The van der Waals surface area contributed by atoms with Gasteiger partial charge in [0.05, 0.1) is 41.6 Å². The number of H-pyrrole nitrogens is 1. The van der Waals surface area contributed by atoms with Gasteiger partial charge in [0.2, 0.25) is 0 Å². The van der Waals surface area contributed by atoms with Crippen LogP contribution in [0.5, 0.6) is 0 Å². The number of halogens is 3. The fraction of sp³-hybridized carbons (Fsp3) is 0.370. The summed E-state index contributed by atoms with van der Waals surface area (Å²) in [6.45, 7) is 4.56. The molecule has 3 aromatic rings. The van der Waals surface area contributed by atoms with Crippen LogP contribution in [0.2, 0.25) is 5.02 Å². The molecule has 2 N–H and O–H groups in total. The number of benzene rings is 2. The minimum Gasteiger partial charge on any atom is -0.344 e. The number of amides is 1. The average molecular weight is 614 g/mol. The number of carbonyl (C=O) groups excluding carboxylic acids is 1. The zero-order valence-corrected chi connectivity index (χ0v) is 25.1. The van der Waals surface area contributed by atoms with Crippen LogP contribution in [0.3, 0.4) is 0 Å². The minimum absolute atomic E-state index is 0. The number of aromatic amines is 1. The van der Waals surface area contributed by atoms with Gasteiger partial charge in [0.25, 0.3) is 0 Å². The SMILES string of the molecule is CC(C)(c1ccc(C#N)cc1)C(c1cnc[nH]1)[N+]1(c2cccc(Cl)c2)C[C@H](CCS(C)(=O)=O)NCC1=O.Cl.Cl. The Balaban J connectivity index is 0.00000267. The lowest BCUT2D eigenvalue weighted by Gasteiger charge is -2.51. The number of nitrogens with zero attached hydrogens (tertiary/aromatic N) is 3. The Morgan fingerprint density at radius 3 is 2.46 bits per heavy atom. The van der Waals surface area contributed by atoms with Gasteiger partial charge in [-0.1, -0.05) is 29.8 Å². The maximum atomic E-state index is 14.2. The van der Waals surface area contributed by atoms with E-state index in [1.807, 2.05) is 30.3 Å². The lowest BCUT2D eigenvalue weighted by atomic mass is 9.73. The van der Waals surface area contributed by atoms with Gasteiger partial charge < -0.3 is 4.98 Å². The van der Waals surface area contributed by atoms with Crippen molar-refractivity contribution in [3.8, 4) is 6.07 Å². The Bertz CT molecular complexity index is 1420. The van der Waals surface area contributed by atoms with Crippen LogP contribution in [-0.4, -0.2) is 55.4 Å². The van der Waals surface area contributed by atoms with Crippen LogP contribution < -0.4 is 9.80 Å². The molecule has 0 bridgehead atoms. The third-order valence-corrected chi connectivity index (χ3v) is 8.51. The summed E-state index contributed by atoms with van der Waals surface area (Å²) in [5.41, 5.74) is 2.37. The Labute approximate surface area is 247 Å². The first-order valence-electron chi connectivity index (χ1n) is 12.0. The van der Waals surface area contributed by atoms with Gasteiger partial charge in [-0.3, -0.25) is 5.32 Å². The summed E-state index contributed by atoms with van der Waals surface area (Å²) < 4.78 is 23.9. The van der Waals surface area contributed by atoms with Crippen molar-refractivity contribution >= 4 is 57.8 Å². The summed E-state index contributed by atoms with van der Waals surface area (Å²) in [7, 11) is -3.18. The summed E-state index contributed by atoms with van der Waals surface area (Å²) in [6, 6.07) is 16.2. The van der Waals surface area contributed by atoms with Crippen molar-refractivity contribution in [2.45, 2.75) is 37.8 Å². The van der Waals surface area contributed by atoms with Gasteiger partial charge in [-0.2, -0.15) is 5.26 Å². The van der Waals surface area contributed by atoms with E-state index in [-0.39, 0.29) is 53.5 Å². The molecule has 1 aromatic heterocycles. The maximum absolute atomic E-state index is 14.2. The van der Waals surface area contributed by atoms with Crippen LogP contribution in [0.15, 0.2) is 61.1 Å². The highest BCUT2D eigenvalue weighted by Gasteiger charge is 2.57. The molecule has 2 aromatic carbocycles. The highest BCUT2D eigenvalue weighted by molar-refractivity contribution is 7.90. The first kappa shape index (κ1) is 32.8. The summed E-state index contributed by atoms with van der Waals surface area (Å²) >= 11 is 6.46. The van der Waals surface area contributed by atoms with Crippen molar-refractivity contribution in [3.05, 3.63) is 82.9 Å². The number of rotatable bonds is 8. The number of imidazole rings is 1. The van der Waals surface area contributed by atoms with Crippen molar-refractivity contribution in [2.75, 3.05) is 25.1 Å². The second-order valence-corrected chi connectivity index (χ2v) is 12.9. The number of hydrogen-bond donors (Lipinski definition) is 2. The maximum Gasteiger partial charge on any atom is 0.333 e. The molecule has 3 atom stereocenters. The highest BCUT2D eigenvalue weighted by Crippen LogP contribution is 2.48. The van der Waals surface area contributed by atoms with Crippen LogP contribution in [0.4, 0.5) is 5.69 Å². The highest BCUT2D eigenvalue weighted by atomic mass is 35.5. The summed E-state index contributed by atoms with van der Waals surface area (Å²) in [5.74, 6) is -0.0403. The number of quaternary nitrogens is 1. The zero-order valence-electron chi connectivity index (χ0n) is 21.9. The van der Waals surface area contributed by atoms with E-state index in [1.165, 1.54) is 6.26 Å². The molecule has 2 unspecified atom stereocenters. The average Bonchev–Trinajstić information content (AvgIpc) is 3.38. The van der Waals surface area contributed by atoms with E-state index in [2.05, 4.69) is 35.2 Å².